The normalized spacial score (nSPS) is 10.8. The fourth-order valence-electron chi connectivity index (χ4n) is 2.56. The molecule has 3 aromatic rings. The van der Waals surface area contributed by atoms with Crippen molar-refractivity contribution < 1.29 is 14.7 Å². The molecule has 2 aromatic heterocycles. The van der Waals surface area contributed by atoms with Gasteiger partial charge in [0.05, 0.1) is 21.8 Å². The monoisotopic (exact) mass is 426 g/mol. The van der Waals surface area contributed by atoms with Crippen LogP contribution in [0.25, 0.3) is 10.6 Å². The van der Waals surface area contributed by atoms with E-state index in [1.54, 1.807) is 62.7 Å². The third-order valence-corrected chi connectivity index (χ3v) is 5.58. The molecule has 1 amide bonds. The van der Waals surface area contributed by atoms with E-state index in [-0.39, 0.29) is 11.5 Å². The fourth-order valence-corrected chi connectivity index (χ4v) is 3.57. The molecule has 10 heteroatoms. The molecule has 0 radical (unpaired) electrons. The molecule has 9 nitrogen and oxygen atoms in total. The van der Waals surface area contributed by atoms with E-state index in [1.165, 1.54) is 16.3 Å². The molecule has 30 heavy (non-hydrogen) atoms. The maximum atomic E-state index is 12.5. The van der Waals surface area contributed by atoms with Gasteiger partial charge in [0.1, 0.15) is 0 Å². The summed E-state index contributed by atoms with van der Waals surface area (Å²) >= 11 is 1.29. The first-order chi connectivity index (χ1) is 14.3. The second-order valence-corrected chi connectivity index (χ2v) is 7.73. The highest BCUT2D eigenvalue weighted by molar-refractivity contribution is 7.17. The van der Waals surface area contributed by atoms with Crippen molar-refractivity contribution in [2.75, 3.05) is 26.5 Å². The Hall–Kier alpha value is -3.37. The van der Waals surface area contributed by atoms with Gasteiger partial charge in [-0.15, -0.1) is 11.3 Å². The van der Waals surface area contributed by atoms with Gasteiger partial charge >= 0.3 is 5.97 Å². The quantitative estimate of drug-likeness (QED) is 0.555. The summed E-state index contributed by atoms with van der Waals surface area (Å²) in [5.74, 6) is -0.711. The highest BCUT2D eigenvalue weighted by Gasteiger charge is 2.21. The first kappa shape index (κ1) is 21.3. The lowest BCUT2D eigenvalue weighted by Gasteiger charge is -2.22. The summed E-state index contributed by atoms with van der Waals surface area (Å²) in [5, 5.41) is 15.7. The predicted molar refractivity (Wildman–Crippen MR) is 114 cm³/mol. The molecule has 0 bridgehead atoms. The standard InChI is InChI=1S/C20H22N6O3S/c1-12-16(30-17(23-12)18(27)26(4)25(2)3)15-9-10-21-20(24-15)22-11-13-5-7-14(8-6-13)19(28)29/h5-10H,11H2,1-4H3,(H,28,29)(H,21,22,24). The molecule has 0 aliphatic rings. The van der Waals surface area contributed by atoms with E-state index in [2.05, 4.69) is 20.3 Å². The molecule has 0 aliphatic carbocycles. The second-order valence-electron chi connectivity index (χ2n) is 6.73. The van der Waals surface area contributed by atoms with Crippen molar-refractivity contribution in [2.45, 2.75) is 13.5 Å². The zero-order valence-electron chi connectivity index (χ0n) is 17.1. The van der Waals surface area contributed by atoms with Gasteiger partial charge in [-0.3, -0.25) is 9.80 Å². The zero-order valence-corrected chi connectivity index (χ0v) is 17.9. The van der Waals surface area contributed by atoms with Crippen LogP contribution in [0, 0.1) is 6.92 Å². The van der Waals surface area contributed by atoms with Gasteiger partial charge in [0, 0.05) is 33.9 Å². The average molecular weight is 427 g/mol. The van der Waals surface area contributed by atoms with Crippen LogP contribution in [0.5, 0.6) is 0 Å². The van der Waals surface area contributed by atoms with Gasteiger partial charge in [-0.25, -0.2) is 24.8 Å². The van der Waals surface area contributed by atoms with Crippen LogP contribution >= 0.6 is 11.3 Å². The number of anilines is 1. The van der Waals surface area contributed by atoms with Crippen molar-refractivity contribution in [3.63, 3.8) is 0 Å². The third-order valence-electron chi connectivity index (χ3n) is 4.41. The van der Waals surface area contributed by atoms with E-state index in [9.17, 15) is 9.59 Å². The number of nitrogens with one attached hydrogen (secondary N) is 1. The molecule has 0 saturated carbocycles. The van der Waals surface area contributed by atoms with Gasteiger partial charge in [-0.1, -0.05) is 12.1 Å². The first-order valence-corrected chi connectivity index (χ1v) is 9.90. The van der Waals surface area contributed by atoms with Crippen molar-refractivity contribution in [3.8, 4) is 10.6 Å². The Kier molecular flexibility index (Phi) is 6.38. The Bertz CT molecular complexity index is 1060. The lowest BCUT2D eigenvalue weighted by molar-refractivity contribution is 0.0341. The van der Waals surface area contributed by atoms with Crippen molar-refractivity contribution in [1.82, 2.24) is 25.0 Å². The smallest absolute Gasteiger partial charge is 0.335 e. The summed E-state index contributed by atoms with van der Waals surface area (Å²) in [4.78, 5) is 37.5. The number of nitrogens with zero attached hydrogens (tertiary/aromatic N) is 5. The van der Waals surface area contributed by atoms with Gasteiger partial charge in [-0.2, -0.15) is 0 Å². The van der Waals surface area contributed by atoms with Crippen LogP contribution in [0.2, 0.25) is 0 Å². The van der Waals surface area contributed by atoms with Crippen LogP contribution < -0.4 is 5.32 Å². The van der Waals surface area contributed by atoms with Crippen LogP contribution in [-0.4, -0.2) is 63.1 Å². The molecule has 2 N–H and O–H groups in total. The van der Waals surface area contributed by atoms with Crippen molar-refractivity contribution in [2.24, 2.45) is 0 Å². The Balaban J connectivity index is 1.75. The number of hydrogen-bond acceptors (Lipinski definition) is 8. The van der Waals surface area contributed by atoms with Gasteiger partial charge in [0.2, 0.25) is 5.95 Å². The maximum Gasteiger partial charge on any atom is 0.335 e. The predicted octanol–water partition coefficient (Wildman–Crippen LogP) is 2.77. The van der Waals surface area contributed by atoms with Crippen LogP contribution in [-0.2, 0) is 6.54 Å². The minimum Gasteiger partial charge on any atom is -0.478 e. The molecule has 0 fully saturated rings. The minimum atomic E-state index is -0.958. The van der Waals surface area contributed by atoms with E-state index < -0.39 is 5.97 Å². The number of aromatic nitrogens is 3. The molecule has 0 saturated heterocycles. The number of carboxylic acid groups (broad SMARTS) is 1. The van der Waals surface area contributed by atoms with Crippen molar-refractivity contribution in [1.29, 1.82) is 0 Å². The minimum absolute atomic E-state index is 0.184. The number of carbonyl (C=O) groups excluding carboxylic acids is 1. The van der Waals surface area contributed by atoms with Gasteiger partial charge in [-0.05, 0) is 30.7 Å². The highest BCUT2D eigenvalue weighted by Crippen LogP contribution is 2.29. The number of rotatable bonds is 7. The number of carbonyl (C=O) groups is 2. The summed E-state index contributed by atoms with van der Waals surface area (Å²) < 4.78 is 0. The van der Waals surface area contributed by atoms with Gasteiger partial charge in [0.15, 0.2) is 5.01 Å². The van der Waals surface area contributed by atoms with Crippen LogP contribution in [0.1, 0.15) is 31.4 Å². The SMILES string of the molecule is Cc1nc(C(=O)N(C)N(C)C)sc1-c1ccnc(NCc2ccc(C(=O)O)cc2)n1. The lowest BCUT2D eigenvalue weighted by atomic mass is 10.1. The van der Waals surface area contributed by atoms with Crippen LogP contribution in [0.3, 0.4) is 0 Å². The molecule has 1 aromatic carbocycles. The van der Waals surface area contributed by atoms with Crippen LogP contribution in [0.15, 0.2) is 36.5 Å². The number of amides is 1. The van der Waals surface area contributed by atoms with Crippen LogP contribution in [0.4, 0.5) is 5.95 Å². The maximum absolute atomic E-state index is 12.5. The largest absolute Gasteiger partial charge is 0.478 e. The van der Waals surface area contributed by atoms with E-state index >= 15 is 0 Å². The summed E-state index contributed by atoms with van der Waals surface area (Å²) in [6, 6.07) is 8.37. The van der Waals surface area contributed by atoms with Crippen molar-refractivity contribution >= 4 is 29.2 Å². The number of hydrazine groups is 1. The van der Waals surface area contributed by atoms with Gasteiger partial charge in [0.25, 0.3) is 5.91 Å². The molecular weight excluding hydrogens is 404 g/mol. The van der Waals surface area contributed by atoms with E-state index in [1.807, 2.05) is 6.92 Å². The molecule has 0 atom stereocenters. The summed E-state index contributed by atoms with van der Waals surface area (Å²) in [6.07, 6.45) is 1.64. The molecule has 3 rings (SSSR count). The number of aryl methyl sites for hydroxylation is 1. The Labute approximate surface area is 178 Å². The Morgan fingerprint density at radius 3 is 2.43 bits per heavy atom. The summed E-state index contributed by atoms with van der Waals surface area (Å²) in [7, 11) is 5.27. The number of benzene rings is 1. The number of hydrogen-bond donors (Lipinski definition) is 2. The highest BCUT2D eigenvalue weighted by atomic mass is 32.1. The second kappa shape index (κ2) is 8.97. The van der Waals surface area contributed by atoms with E-state index in [4.69, 9.17) is 5.11 Å². The third kappa shape index (κ3) is 4.78. The topological polar surface area (TPSA) is 112 Å². The van der Waals surface area contributed by atoms with Gasteiger partial charge < -0.3 is 10.4 Å². The summed E-state index contributed by atoms with van der Waals surface area (Å²) in [6.45, 7) is 2.29. The molecule has 0 aliphatic heterocycles. The fraction of sp³-hybridized carbons (Fsp3) is 0.250. The van der Waals surface area contributed by atoms with Crippen molar-refractivity contribution in [3.05, 3.63) is 58.4 Å². The van der Waals surface area contributed by atoms with E-state index in [0.717, 1.165) is 16.1 Å². The number of aromatic carboxylic acids is 1. The number of carboxylic acids is 1. The average Bonchev–Trinajstić information content (AvgIpc) is 3.13. The molecule has 0 unspecified atom stereocenters. The molecular formula is C20H22N6O3S. The molecule has 156 valence electrons. The zero-order chi connectivity index (χ0) is 21.8. The lowest BCUT2D eigenvalue weighted by Crippen LogP contribution is -2.38. The Morgan fingerprint density at radius 1 is 1.10 bits per heavy atom. The number of thiazole rings is 1. The molecule has 0 spiro atoms. The summed E-state index contributed by atoms with van der Waals surface area (Å²) in [5.41, 5.74) is 2.55. The molecule has 2 heterocycles. The first-order valence-electron chi connectivity index (χ1n) is 9.08. The van der Waals surface area contributed by atoms with E-state index in [0.29, 0.717) is 23.2 Å². The Morgan fingerprint density at radius 2 is 1.80 bits per heavy atom.